The first-order valence-electron chi connectivity index (χ1n) is 8.65. The van der Waals surface area contributed by atoms with Crippen molar-refractivity contribution in [2.75, 3.05) is 18.6 Å². The van der Waals surface area contributed by atoms with Gasteiger partial charge in [-0.15, -0.1) is 0 Å². The summed E-state index contributed by atoms with van der Waals surface area (Å²) < 4.78 is 19.6. The fourth-order valence-corrected chi connectivity index (χ4v) is 2.92. The van der Waals surface area contributed by atoms with E-state index in [9.17, 15) is 14.0 Å². The van der Waals surface area contributed by atoms with Crippen LogP contribution in [0.5, 0.6) is 0 Å². The molecule has 0 aromatic heterocycles. The molecule has 0 spiro atoms. The number of carbonyl (C=O) groups excluding carboxylic acids is 2. The molecule has 0 heterocycles. The maximum Gasteiger partial charge on any atom is 0.340 e. The summed E-state index contributed by atoms with van der Waals surface area (Å²) in [7, 11) is 1.18. The molecule has 0 saturated heterocycles. The molecule has 0 aliphatic heterocycles. The molecule has 3 rings (SSSR count). The van der Waals surface area contributed by atoms with Crippen LogP contribution in [0.15, 0.2) is 36.4 Å². The van der Waals surface area contributed by atoms with Crippen molar-refractivity contribution in [2.45, 2.75) is 19.8 Å². The van der Waals surface area contributed by atoms with Crippen LogP contribution in [0.3, 0.4) is 0 Å². The van der Waals surface area contributed by atoms with Gasteiger partial charge in [-0.25, -0.2) is 9.18 Å². The number of carbonyl (C=O) groups is 2. The second-order valence-electron chi connectivity index (χ2n) is 6.63. The zero-order valence-electron chi connectivity index (χ0n) is 15.2. The number of benzene rings is 2. The Kier molecular flexibility index (Phi) is 5.22. The zero-order chi connectivity index (χ0) is 19.6. The van der Waals surface area contributed by atoms with Crippen LogP contribution in [0.25, 0.3) is 0 Å². The monoisotopic (exact) mass is 366 g/mol. The van der Waals surface area contributed by atoms with E-state index in [4.69, 9.17) is 5.26 Å². The highest BCUT2D eigenvalue weighted by molar-refractivity contribution is 6.07. The van der Waals surface area contributed by atoms with E-state index in [1.165, 1.54) is 30.2 Å². The first kappa shape index (κ1) is 18.6. The van der Waals surface area contributed by atoms with Gasteiger partial charge in [0.15, 0.2) is 5.82 Å². The normalized spacial score (nSPS) is 13.0. The standard InChI is InChI=1S/C21H19FN2O3/c1-13-10-15(8-9-16(13)11-23)20(25)24(12-14-6-7-14)18-5-3-4-17(19(18)22)21(26)27-2/h3-5,8-10,14H,6-7,12H2,1-2H3. The molecule has 0 N–H and O–H groups in total. The minimum Gasteiger partial charge on any atom is -0.465 e. The van der Waals surface area contributed by atoms with Crippen LogP contribution in [-0.4, -0.2) is 25.5 Å². The van der Waals surface area contributed by atoms with Crippen molar-refractivity contribution in [3.63, 3.8) is 0 Å². The summed E-state index contributed by atoms with van der Waals surface area (Å²) in [6, 6.07) is 11.2. The quantitative estimate of drug-likeness (QED) is 0.754. The third kappa shape index (κ3) is 3.82. The molecule has 0 unspecified atom stereocenters. The van der Waals surface area contributed by atoms with Gasteiger partial charge in [-0.05, 0) is 61.6 Å². The smallest absolute Gasteiger partial charge is 0.340 e. The average molecular weight is 366 g/mol. The van der Waals surface area contributed by atoms with E-state index >= 15 is 0 Å². The van der Waals surface area contributed by atoms with Gasteiger partial charge in [-0.2, -0.15) is 5.26 Å². The van der Waals surface area contributed by atoms with Crippen LogP contribution in [0.2, 0.25) is 0 Å². The Balaban J connectivity index is 2.02. The van der Waals surface area contributed by atoms with Crippen molar-refractivity contribution in [3.8, 4) is 6.07 Å². The maximum atomic E-state index is 15.0. The average Bonchev–Trinajstić information content (AvgIpc) is 3.49. The van der Waals surface area contributed by atoms with Crippen LogP contribution in [0, 0.1) is 30.0 Å². The van der Waals surface area contributed by atoms with Crippen molar-refractivity contribution < 1.29 is 18.7 Å². The second kappa shape index (κ2) is 7.58. The van der Waals surface area contributed by atoms with Gasteiger partial charge in [-0.1, -0.05) is 6.07 Å². The molecular weight excluding hydrogens is 347 g/mol. The number of hydrogen-bond acceptors (Lipinski definition) is 4. The predicted molar refractivity (Wildman–Crippen MR) is 98.0 cm³/mol. The Labute approximate surface area is 157 Å². The molecule has 138 valence electrons. The summed E-state index contributed by atoms with van der Waals surface area (Å²) in [5.41, 5.74) is 1.38. The molecule has 5 nitrogen and oxygen atoms in total. The number of halogens is 1. The van der Waals surface area contributed by atoms with Gasteiger partial charge in [0.05, 0.1) is 30.0 Å². The van der Waals surface area contributed by atoms with Crippen molar-refractivity contribution in [1.82, 2.24) is 0 Å². The summed E-state index contributed by atoms with van der Waals surface area (Å²) in [5, 5.41) is 9.07. The van der Waals surface area contributed by atoms with E-state index in [1.54, 1.807) is 25.1 Å². The minimum atomic E-state index is -0.789. The molecule has 1 aliphatic carbocycles. The summed E-state index contributed by atoms with van der Waals surface area (Å²) in [4.78, 5) is 26.3. The molecule has 1 fully saturated rings. The third-order valence-corrected chi connectivity index (χ3v) is 4.65. The fourth-order valence-electron chi connectivity index (χ4n) is 2.92. The molecular formula is C21H19FN2O3. The van der Waals surface area contributed by atoms with E-state index in [2.05, 4.69) is 10.8 Å². The number of nitrogens with zero attached hydrogens (tertiary/aromatic N) is 2. The number of hydrogen-bond donors (Lipinski definition) is 0. The molecule has 6 heteroatoms. The number of amides is 1. The van der Waals surface area contributed by atoms with Gasteiger partial charge in [0.2, 0.25) is 0 Å². The molecule has 0 bridgehead atoms. The lowest BCUT2D eigenvalue weighted by molar-refractivity contribution is 0.0595. The van der Waals surface area contributed by atoms with Crippen LogP contribution in [0.4, 0.5) is 10.1 Å². The lowest BCUT2D eigenvalue weighted by Gasteiger charge is -2.24. The Hall–Kier alpha value is -3.20. The van der Waals surface area contributed by atoms with Crippen molar-refractivity contribution in [2.24, 2.45) is 5.92 Å². The first-order chi connectivity index (χ1) is 13.0. The minimum absolute atomic E-state index is 0.0526. The van der Waals surface area contributed by atoms with Crippen LogP contribution in [-0.2, 0) is 4.74 Å². The van der Waals surface area contributed by atoms with E-state index in [0.717, 1.165) is 12.8 Å². The third-order valence-electron chi connectivity index (χ3n) is 4.65. The lowest BCUT2D eigenvalue weighted by Crippen LogP contribution is -2.34. The van der Waals surface area contributed by atoms with Gasteiger partial charge < -0.3 is 9.64 Å². The fraction of sp³-hybridized carbons (Fsp3) is 0.286. The number of aryl methyl sites for hydroxylation is 1. The maximum absolute atomic E-state index is 15.0. The predicted octanol–water partition coefficient (Wildman–Crippen LogP) is 3.85. The number of ether oxygens (including phenoxy) is 1. The van der Waals surface area contributed by atoms with E-state index < -0.39 is 11.8 Å². The van der Waals surface area contributed by atoms with Crippen LogP contribution in [0.1, 0.15) is 44.7 Å². The molecule has 27 heavy (non-hydrogen) atoms. The van der Waals surface area contributed by atoms with Crippen molar-refractivity contribution >= 4 is 17.6 Å². The molecule has 1 amide bonds. The Morgan fingerprint density at radius 2 is 2.04 bits per heavy atom. The van der Waals surface area contributed by atoms with Gasteiger partial charge in [0, 0.05) is 12.1 Å². The lowest BCUT2D eigenvalue weighted by atomic mass is 10.0. The van der Waals surface area contributed by atoms with Gasteiger partial charge in [0.25, 0.3) is 5.91 Å². The van der Waals surface area contributed by atoms with Gasteiger partial charge in [0.1, 0.15) is 0 Å². The Morgan fingerprint density at radius 3 is 2.63 bits per heavy atom. The summed E-state index contributed by atoms with van der Waals surface area (Å²) in [5.74, 6) is -1.61. The van der Waals surface area contributed by atoms with E-state index in [1.807, 2.05) is 0 Å². The zero-order valence-corrected chi connectivity index (χ0v) is 15.2. The number of methoxy groups -OCH3 is 1. The highest BCUT2D eigenvalue weighted by Gasteiger charge is 2.31. The van der Waals surface area contributed by atoms with Crippen molar-refractivity contribution in [1.29, 1.82) is 5.26 Å². The second-order valence-corrected chi connectivity index (χ2v) is 6.63. The molecule has 2 aromatic rings. The molecule has 0 radical (unpaired) electrons. The summed E-state index contributed by atoms with van der Waals surface area (Å²) in [6.45, 7) is 2.12. The molecule has 2 aromatic carbocycles. The van der Waals surface area contributed by atoms with E-state index in [-0.39, 0.29) is 17.2 Å². The first-order valence-corrected chi connectivity index (χ1v) is 8.65. The van der Waals surface area contributed by atoms with Gasteiger partial charge >= 0.3 is 5.97 Å². The Bertz CT molecular complexity index is 945. The van der Waals surface area contributed by atoms with Crippen LogP contribution >= 0.6 is 0 Å². The Morgan fingerprint density at radius 1 is 1.30 bits per heavy atom. The van der Waals surface area contributed by atoms with Crippen molar-refractivity contribution in [3.05, 3.63) is 64.5 Å². The van der Waals surface area contributed by atoms with E-state index in [0.29, 0.717) is 29.2 Å². The summed E-state index contributed by atoms with van der Waals surface area (Å²) in [6.07, 6.45) is 1.96. The SMILES string of the molecule is COC(=O)c1cccc(N(CC2CC2)C(=O)c2ccc(C#N)c(C)c2)c1F. The highest BCUT2D eigenvalue weighted by atomic mass is 19.1. The number of nitriles is 1. The number of anilines is 1. The highest BCUT2D eigenvalue weighted by Crippen LogP contribution is 2.34. The number of rotatable bonds is 5. The molecule has 1 saturated carbocycles. The largest absolute Gasteiger partial charge is 0.465 e. The summed E-state index contributed by atoms with van der Waals surface area (Å²) >= 11 is 0. The molecule has 0 atom stereocenters. The molecule has 1 aliphatic rings. The van der Waals surface area contributed by atoms with Crippen LogP contribution < -0.4 is 4.90 Å². The van der Waals surface area contributed by atoms with Gasteiger partial charge in [-0.3, -0.25) is 4.79 Å². The number of esters is 1. The topological polar surface area (TPSA) is 70.4 Å².